The predicted octanol–water partition coefficient (Wildman–Crippen LogP) is 1.16. The minimum Gasteiger partial charge on any atom is -0.391 e. The summed E-state index contributed by atoms with van der Waals surface area (Å²) >= 11 is 0. The van der Waals surface area contributed by atoms with E-state index in [9.17, 15) is 9.90 Å². The lowest BCUT2D eigenvalue weighted by Crippen LogP contribution is -2.33. The maximum Gasteiger partial charge on any atom is 0.321 e. The van der Waals surface area contributed by atoms with E-state index in [0.29, 0.717) is 30.8 Å². The fraction of sp³-hybridized carbons (Fsp3) is 0.333. The van der Waals surface area contributed by atoms with Crippen LogP contribution in [0.1, 0.15) is 12.0 Å². The lowest BCUT2D eigenvalue weighted by molar-refractivity contribution is 0.176. The molecule has 1 aromatic rings. The molecule has 1 aliphatic rings. The van der Waals surface area contributed by atoms with Crippen LogP contribution in [0.2, 0.25) is 0 Å². The molecule has 5 nitrogen and oxygen atoms in total. The molecular formula is C12H13N3O2. The van der Waals surface area contributed by atoms with Crippen molar-refractivity contribution < 1.29 is 9.90 Å². The van der Waals surface area contributed by atoms with Crippen LogP contribution in [0.4, 0.5) is 10.5 Å². The van der Waals surface area contributed by atoms with Crippen LogP contribution in [0.5, 0.6) is 0 Å². The molecule has 1 saturated heterocycles. The van der Waals surface area contributed by atoms with Crippen LogP contribution in [-0.4, -0.2) is 35.2 Å². The molecule has 0 unspecified atom stereocenters. The number of rotatable bonds is 1. The molecule has 88 valence electrons. The van der Waals surface area contributed by atoms with Gasteiger partial charge in [-0.3, -0.25) is 0 Å². The van der Waals surface area contributed by atoms with Gasteiger partial charge >= 0.3 is 6.03 Å². The van der Waals surface area contributed by atoms with E-state index < -0.39 is 6.10 Å². The van der Waals surface area contributed by atoms with E-state index >= 15 is 0 Å². The molecule has 0 spiro atoms. The van der Waals surface area contributed by atoms with Gasteiger partial charge in [0.05, 0.1) is 17.7 Å². The van der Waals surface area contributed by atoms with Gasteiger partial charge in [0.25, 0.3) is 0 Å². The molecule has 1 aliphatic heterocycles. The second-order valence-electron chi connectivity index (χ2n) is 4.01. The smallest absolute Gasteiger partial charge is 0.321 e. The fourth-order valence-electron chi connectivity index (χ4n) is 1.80. The monoisotopic (exact) mass is 231 g/mol. The lowest BCUT2D eigenvalue weighted by atomic mass is 10.2. The van der Waals surface area contributed by atoms with Crippen molar-refractivity contribution in [2.24, 2.45) is 0 Å². The molecule has 0 aromatic heterocycles. The molecule has 2 amide bonds. The van der Waals surface area contributed by atoms with Gasteiger partial charge in [0, 0.05) is 18.8 Å². The standard InChI is InChI=1S/C12H13N3O2/c13-7-9-2-1-3-10(6-9)14-12(17)15-5-4-11(16)8-15/h1-3,6,11,16H,4-5,8H2,(H,14,17)/t11-/m0/s1. The maximum absolute atomic E-state index is 11.8. The zero-order chi connectivity index (χ0) is 12.3. The number of nitriles is 1. The SMILES string of the molecule is N#Cc1cccc(NC(=O)N2CC[C@H](O)C2)c1. The summed E-state index contributed by atoms with van der Waals surface area (Å²) < 4.78 is 0. The topological polar surface area (TPSA) is 76.4 Å². The summed E-state index contributed by atoms with van der Waals surface area (Å²) in [6.45, 7) is 0.925. The summed E-state index contributed by atoms with van der Waals surface area (Å²) in [6, 6.07) is 8.51. The van der Waals surface area contributed by atoms with Gasteiger partial charge in [-0.15, -0.1) is 0 Å². The summed E-state index contributed by atoms with van der Waals surface area (Å²) in [5, 5.41) is 20.8. The third-order valence-corrected chi connectivity index (χ3v) is 2.69. The van der Waals surface area contributed by atoms with Crippen molar-refractivity contribution in [1.82, 2.24) is 4.90 Å². The first-order chi connectivity index (χ1) is 8.19. The van der Waals surface area contributed by atoms with Crippen LogP contribution in [-0.2, 0) is 0 Å². The van der Waals surface area contributed by atoms with Crippen LogP contribution in [0.15, 0.2) is 24.3 Å². The molecule has 5 heteroatoms. The summed E-state index contributed by atoms with van der Waals surface area (Å²) in [6.07, 6.45) is 0.192. The van der Waals surface area contributed by atoms with Gasteiger partial charge in [-0.25, -0.2) is 4.79 Å². The number of benzene rings is 1. The zero-order valence-corrected chi connectivity index (χ0v) is 9.26. The second kappa shape index (κ2) is 4.85. The Morgan fingerprint density at radius 1 is 1.59 bits per heavy atom. The summed E-state index contributed by atoms with van der Waals surface area (Å²) in [5.74, 6) is 0. The largest absolute Gasteiger partial charge is 0.391 e. The van der Waals surface area contributed by atoms with Crippen LogP contribution in [0.3, 0.4) is 0 Å². The Morgan fingerprint density at radius 2 is 2.41 bits per heavy atom. The second-order valence-corrected chi connectivity index (χ2v) is 4.01. The number of anilines is 1. The Labute approximate surface area is 99.3 Å². The Kier molecular flexibility index (Phi) is 3.26. The molecule has 1 atom stereocenters. The van der Waals surface area contributed by atoms with Gasteiger partial charge in [0.15, 0.2) is 0 Å². The van der Waals surface area contributed by atoms with Gasteiger partial charge in [-0.1, -0.05) is 6.07 Å². The molecule has 0 saturated carbocycles. The maximum atomic E-state index is 11.8. The van der Waals surface area contributed by atoms with E-state index in [2.05, 4.69) is 5.32 Å². The fourth-order valence-corrected chi connectivity index (χ4v) is 1.80. The quantitative estimate of drug-likeness (QED) is 0.761. The number of β-amino-alcohol motifs (C(OH)–C–C–N with tert-alkyl or cyclic N) is 1. The Morgan fingerprint density at radius 3 is 3.06 bits per heavy atom. The first kappa shape index (κ1) is 11.4. The number of amides is 2. The number of aliphatic hydroxyl groups excluding tert-OH is 1. The van der Waals surface area contributed by atoms with E-state index in [4.69, 9.17) is 5.26 Å². The highest BCUT2D eigenvalue weighted by molar-refractivity contribution is 5.89. The van der Waals surface area contributed by atoms with Crippen molar-refractivity contribution >= 4 is 11.7 Å². The molecular weight excluding hydrogens is 218 g/mol. The van der Waals surface area contributed by atoms with Crippen molar-refractivity contribution in [1.29, 1.82) is 5.26 Å². The predicted molar refractivity (Wildman–Crippen MR) is 62.4 cm³/mol. The number of nitrogens with one attached hydrogen (secondary N) is 1. The van der Waals surface area contributed by atoms with E-state index in [1.165, 1.54) is 0 Å². The van der Waals surface area contributed by atoms with Gasteiger partial charge in [-0.05, 0) is 24.6 Å². The number of likely N-dealkylation sites (tertiary alicyclic amines) is 1. The molecule has 17 heavy (non-hydrogen) atoms. The molecule has 1 aromatic carbocycles. The van der Waals surface area contributed by atoms with E-state index in [-0.39, 0.29) is 6.03 Å². The van der Waals surface area contributed by atoms with E-state index in [1.54, 1.807) is 29.2 Å². The number of aliphatic hydroxyl groups is 1. The number of carbonyl (C=O) groups excluding carboxylic acids is 1. The molecule has 2 rings (SSSR count). The molecule has 1 heterocycles. The molecule has 0 bridgehead atoms. The number of hydrogen-bond donors (Lipinski definition) is 2. The van der Waals surface area contributed by atoms with E-state index in [1.807, 2.05) is 6.07 Å². The first-order valence-corrected chi connectivity index (χ1v) is 5.43. The average molecular weight is 231 g/mol. The Bertz CT molecular complexity index is 467. The van der Waals surface area contributed by atoms with Gasteiger partial charge in [0.1, 0.15) is 0 Å². The van der Waals surface area contributed by atoms with Crippen molar-refractivity contribution in [3.8, 4) is 6.07 Å². The molecule has 0 radical (unpaired) electrons. The summed E-state index contributed by atoms with van der Waals surface area (Å²) in [5.41, 5.74) is 1.10. The number of urea groups is 1. The third-order valence-electron chi connectivity index (χ3n) is 2.69. The van der Waals surface area contributed by atoms with Gasteiger partial charge in [0.2, 0.25) is 0 Å². The number of carbonyl (C=O) groups is 1. The summed E-state index contributed by atoms with van der Waals surface area (Å²) in [4.78, 5) is 13.3. The van der Waals surface area contributed by atoms with Crippen LogP contribution < -0.4 is 5.32 Å². The van der Waals surface area contributed by atoms with Crippen molar-refractivity contribution in [2.45, 2.75) is 12.5 Å². The Hall–Kier alpha value is -2.06. The zero-order valence-electron chi connectivity index (χ0n) is 9.26. The molecule has 1 fully saturated rings. The van der Waals surface area contributed by atoms with E-state index in [0.717, 1.165) is 0 Å². The molecule has 2 N–H and O–H groups in total. The van der Waals surface area contributed by atoms with Crippen molar-refractivity contribution in [3.05, 3.63) is 29.8 Å². The highest BCUT2D eigenvalue weighted by Crippen LogP contribution is 2.13. The van der Waals surface area contributed by atoms with Crippen molar-refractivity contribution in [2.75, 3.05) is 18.4 Å². The van der Waals surface area contributed by atoms with Crippen LogP contribution >= 0.6 is 0 Å². The van der Waals surface area contributed by atoms with Crippen LogP contribution in [0, 0.1) is 11.3 Å². The normalized spacial score (nSPS) is 18.8. The minimum atomic E-state index is -0.425. The average Bonchev–Trinajstić information content (AvgIpc) is 2.76. The van der Waals surface area contributed by atoms with Crippen LogP contribution in [0.25, 0.3) is 0 Å². The Balaban J connectivity index is 2.01. The number of hydrogen-bond acceptors (Lipinski definition) is 3. The summed E-state index contributed by atoms with van der Waals surface area (Å²) in [7, 11) is 0. The molecule has 0 aliphatic carbocycles. The highest BCUT2D eigenvalue weighted by atomic mass is 16.3. The minimum absolute atomic E-state index is 0.239. The lowest BCUT2D eigenvalue weighted by Gasteiger charge is -2.16. The highest BCUT2D eigenvalue weighted by Gasteiger charge is 2.24. The first-order valence-electron chi connectivity index (χ1n) is 5.43. The number of nitrogens with zero attached hydrogens (tertiary/aromatic N) is 2. The third kappa shape index (κ3) is 2.74. The van der Waals surface area contributed by atoms with Crippen molar-refractivity contribution in [3.63, 3.8) is 0 Å². The van der Waals surface area contributed by atoms with Gasteiger partial charge in [-0.2, -0.15) is 5.26 Å². The van der Waals surface area contributed by atoms with Gasteiger partial charge < -0.3 is 15.3 Å².